The van der Waals surface area contributed by atoms with Gasteiger partial charge in [-0.05, 0) is 38.1 Å². The first-order chi connectivity index (χ1) is 12.7. The van der Waals surface area contributed by atoms with Gasteiger partial charge in [-0.3, -0.25) is 9.98 Å². The van der Waals surface area contributed by atoms with Crippen LogP contribution in [0.15, 0.2) is 59.7 Å². The molecule has 3 rings (SSSR count). The summed E-state index contributed by atoms with van der Waals surface area (Å²) < 4.78 is 1.98. The summed E-state index contributed by atoms with van der Waals surface area (Å²) in [4.78, 5) is 8.59. The molecule has 6 heteroatoms. The maximum atomic E-state index is 4.68. The van der Waals surface area contributed by atoms with E-state index in [1.54, 1.807) is 13.2 Å². The van der Waals surface area contributed by atoms with Gasteiger partial charge >= 0.3 is 0 Å². The molecule has 0 atom stereocenters. The van der Waals surface area contributed by atoms with E-state index < -0.39 is 0 Å². The van der Waals surface area contributed by atoms with Crippen LogP contribution in [0.1, 0.15) is 22.6 Å². The quantitative estimate of drug-likeness (QED) is 0.550. The van der Waals surface area contributed by atoms with Gasteiger partial charge in [0.15, 0.2) is 5.96 Å². The van der Waals surface area contributed by atoms with E-state index in [1.807, 2.05) is 48.0 Å². The van der Waals surface area contributed by atoms with Crippen LogP contribution in [-0.2, 0) is 13.1 Å². The van der Waals surface area contributed by atoms with Crippen molar-refractivity contribution < 1.29 is 0 Å². The normalized spacial score (nSPS) is 11.4. The standard InChI is InChI=1S/C20H24N6/c1-15-19(16(2)26(25-15)18-10-5-4-6-11-18)14-24-20(21-3)23-13-17-9-7-8-12-22-17/h4-12H,13-14H2,1-3H3,(H2,21,23,24). The smallest absolute Gasteiger partial charge is 0.191 e. The summed E-state index contributed by atoms with van der Waals surface area (Å²) in [5.41, 5.74) is 5.35. The highest BCUT2D eigenvalue weighted by atomic mass is 15.3. The molecule has 0 unspecified atom stereocenters. The van der Waals surface area contributed by atoms with Gasteiger partial charge < -0.3 is 10.6 Å². The summed E-state index contributed by atoms with van der Waals surface area (Å²) in [5, 5.41) is 11.3. The molecule has 134 valence electrons. The van der Waals surface area contributed by atoms with E-state index >= 15 is 0 Å². The number of para-hydroxylation sites is 1. The SMILES string of the molecule is CN=C(NCc1ccccn1)NCc1c(C)nn(-c2ccccc2)c1C. The molecule has 0 aliphatic rings. The highest BCUT2D eigenvalue weighted by Crippen LogP contribution is 2.17. The van der Waals surface area contributed by atoms with Gasteiger partial charge in [-0.2, -0.15) is 5.10 Å². The van der Waals surface area contributed by atoms with E-state index in [2.05, 4.69) is 44.8 Å². The topological polar surface area (TPSA) is 67.1 Å². The van der Waals surface area contributed by atoms with Crippen LogP contribution in [0.5, 0.6) is 0 Å². The third-order valence-corrected chi connectivity index (χ3v) is 4.26. The minimum Gasteiger partial charge on any atom is -0.352 e. The molecule has 0 amide bonds. The maximum absolute atomic E-state index is 4.68. The molecule has 0 aliphatic heterocycles. The lowest BCUT2D eigenvalue weighted by Crippen LogP contribution is -2.36. The van der Waals surface area contributed by atoms with Gasteiger partial charge in [0.2, 0.25) is 0 Å². The van der Waals surface area contributed by atoms with Crippen LogP contribution < -0.4 is 10.6 Å². The number of aliphatic imine (C=N–C) groups is 1. The van der Waals surface area contributed by atoms with Gasteiger partial charge in [0.05, 0.1) is 23.6 Å². The molecule has 6 nitrogen and oxygen atoms in total. The number of nitrogens with one attached hydrogen (secondary N) is 2. The second-order valence-electron chi connectivity index (χ2n) is 6.00. The monoisotopic (exact) mass is 348 g/mol. The number of hydrogen-bond acceptors (Lipinski definition) is 3. The summed E-state index contributed by atoms with van der Waals surface area (Å²) in [6.45, 7) is 5.41. The molecule has 2 N–H and O–H groups in total. The van der Waals surface area contributed by atoms with E-state index in [0.717, 1.165) is 28.7 Å². The van der Waals surface area contributed by atoms with Crippen LogP contribution in [-0.4, -0.2) is 27.8 Å². The molecule has 0 fully saturated rings. The fourth-order valence-corrected chi connectivity index (χ4v) is 2.82. The molecule has 0 radical (unpaired) electrons. The molecule has 0 spiro atoms. The lowest BCUT2D eigenvalue weighted by atomic mass is 10.2. The average Bonchev–Trinajstić information content (AvgIpc) is 2.97. The Balaban J connectivity index is 1.66. The van der Waals surface area contributed by atoms with Crippen molar-refractivity contribution >= 4 is 5.96 Å². The molecule has 0 aliphatic carbocycles. The molecule has 0 bridgehead atoms. The van der Waals surface area contributed by atoms with Gasteiger partial charge in [-0.25, -0.2) is 4.68 Å². The third kappa shape index (κ3) is 4.08. The van der Waals surface area contributed by atoms with Crippen LogP contribution in [0.25, 0.3) is 5.69 Å². The van der Waals surface area contributed by atoms with Crippen LogP contribution in [0.2, 0.25) is 0 Å². The molecular formula is C20H24N6. The molecule has 26 heavy (non-hydrogen) atoms. The van der Waals surface area contributed by atoms with Crippen molar-refractivity contribution in [3.63, 3.8) is 0 Å². The molecular weight excluding hydrogens is 324 g/mol. The Hall–Kier alpha value is -3.15. The summed E-state index contributed by atoms with van der Waals surface area (Å²) >= 11 is 0. The second-order valence-corrected chi connectivity index (χ2v) is 6.00. The first-order valence-corrected chi connectivity index (χ1v) is 8.64. The highest BCUT2D eigenvalue weighted by Gasteiger charge is 2.13. The van der Waals surface area contributed by atoms with Crippen LogP contribution in [0.4, 0.5) is 0 Å². The van der Waals surface area contributed by atoms with Crippen LogP contribution in [0, 0.1) is 13.8 Å². The largest absolute Gasteiger partial charge is 0.352 e. The second kappa shape index (κ2) is 8.29. The van der Waals surface area contributed by atoms with Gasteiger partial charge in [0.25, 0.3) is 0 Å². The number of nitrogens with zero attached hydrogens (tertiary/aromatic N) is 4. The lowest BCUT2D eigenvalue weighted by molar-refractivity contribution is 0.788. The number of aryl methyl sites for hydroxylation is 1. The summed E-state index contributed by atoms with van der Waals surface area (Å²) in [6, 6.07) is 16.0. The van der Waals surface area contributed by atoms with Crippen molar-refractivity contribution in [2.45, 2.75) is 26.9 Å². The number of rotatable bonds is 5. The Morgan fingerprint density at radius 2 is 1.73 bits per heavy atom. The van der Waals surface area contributed by atoms with Crippen molar-refractivity contribution in [1.29, 1.82) is 0 Å². The number of hydrogen-bond donors (Lipinski definition) is 2. The van der Waals surface area contributed by atoms with E-state index in [4.69, 9.17) is 0 Å². The molecule has 3 aromatic rings. The zero-order valence-electron chi connectivity index (χ0n) is 15.4. The van der Waals surface area contributed by atoms with Gasteiger partial charge in [-0.1, -0.05) is 24.3 Å². The van der Waals surface area contributed by atoms with E-state index in [1.165, 1.54) is 5.56 Å². The summed E-state index contributed by atoms with van der Waals surface area (Å²) in [6.07, 6.45) is 1.79. The highest BCUT2D eigenvalue weighted by molar-refractivity contribution is 5.79. The van der Waals surface area contributed by atoms with Crippen molar-refractivity contribution in [2.24, 2.45) is 4.99 Å². The molecule has 0 saturated heterocycles. The van der Waals surface area contributed by atoms with Crippen LogP contribution >= 0.6 is 0 Å². The fraction of sp³-hybridized carbons (Fsp3) is 0.250. The Bertz CT molecular complexity index is 868. The molecule has 2 aromatic heterocycles. The molecule has 1 aromatic carbocycles. The number of benzene rings is 1. The zero-order chi connectivity index (χ0) is 18.4. The van der Waals surface area contributed by atoms with E-state index in [0.29, 0.717) is 13.1 Å². The Labute approximate surface area is 154 Å². The average molecular weight is 348 g/mol. The summed E-state index contributed by atoms with van der Waals surface area (Å²) in [5.74, 6) is 0.738. The van der Waals surface area contributed by atoms with E-state index in [-0.39, 0.29) is 0 Å². The van der Waals surface area contributed by atoms with Crippen LogP contribution in [0.3, 0.4) is 0 Å². The minimum absolute atomic E-state index is 0.627. The number of aromatic nitrogens is 3. The van der Waals surface area contributed by atoms with Crippen molar-refractivity contribution in [3.8, 4) is 5.69 Å². The van der Waals surface area contributed by atoms with Gasteiger partial charge in [0, 0.05) is 31.0 Å². The van der Waals surface area contributed by atoms with Crippen molar-refractivity contribution in [3.05, 3.63) is 77.4 Å². The fourth-order valence-electron chi connectivity index (χ4n) is 2.82. The Kier molecular flexibility index (Phi) is 5.63. The maximum Gasteiger partial charge on any atom is 0.191 e. The lowest BCUT2D eigenvalue weighted by Gasteiger charge is -2.12. The van der Waals surface area contributed by atoms with Gasteiger partial charge in [-0.15, -0.1) is 0 Å². The van der Waals surface area contributed by atoms with Gasteiger partial charge in [0.1, 0.15) is 0 Å². The third-order valence-electron chi connectivity index (χ3n) is 4.26. The first-order valence-electron chi connectivity index (χ1n) is 8.64. The predicted molar refractivity (Wildman–Crippen MR) is 104 cm³/mol. The Morgan fingerprint density at radius 1 is 1.00 bits per heavy atom. The van der Waals surface area contributed by atoms with E-state index in [9.17, 15) is 0 Å². The minimum atomic E-state index is 0.627. The van der Waals surface area contributed by atoms with Crippen molar-refractivity contribution in [1.82, 2.24) is 25.4 Å². The molecule has 0 saturated carbocycles. The summed E-state index contributed by atoms with van der Waals surface area (Å²) in [7, 11) is 1.76. The number of pyridine rings is 1. The van der Waals surface area contributed by atoms with Crippen molar-refractivity contribution in [2.75, 3.05) is 7.05 Å². The number of guanidine groups is 1. The predicted octanol–water partition coefficient (Wildman–Crippen LogP) is 2.75. The Morgan fingerprint density at radius 3 is 2.42 bits per heavy atom. The zero-order valence-corrected chi connectivity index (χ0v) is 15.4. The first kappa shape index (κ1) is 17.7. The molecule has 2 heterocycles.